The Balaban J connectivity index is 1.83. The maximum atomic E-state index is 12.5. The van der Waals surface area contributed by atoms with E-state index in [-0.39, 0.29) is 22.6 Å². The topological polar surface area (TPSA) is 111 Å². The van der Waals surface area contributed by atoms with Gasteiger partial charge in [-0.1, -0.05) is 12.1 Å². The van der Waals surface area contributed by atoms with Gasteiger partial charge in [-0.05, 0) is 48.7 Å². The van der Waals surface area contributed by atoms with Crippen molar-refractivity contribution in [3.8, 4) is 5.75 Å². The van der Waals surface area contributed by atoms with E-state index in [4.69, 9.17) is 10.5 Å². The number of rotatable bonds is 7. The number of amides is 1. The zero-order valence-corrected chi connectivity index (χ0v) is 15.2. The van der Waals surface area contributed by atoms with Crippen molar-refractivity contribution >= 4 is 21.6 Å². The first-order chi connectivity index (χ1) is 12.4. The normalized spacial score (nSPS) is 14.1. The zero-order valence-electron chi connectivity index (χ0n) is 14.4. The number of anilines is 1. The molecule has 0 spiro atoms. The van der Waals surface area contributed by atoms with E-state index in [0.29, 0.717) is 17.8 Å². The van der Waals surface area contributed by atoms with Crippen LogP contribution in [0.3, 0.4) is 0 Å². The quantitative estimate of drug-likeness (QED) is 0.684. The summed E-state index contributed by atoms with van der Waals surface area (Å²) >= 11 is 0. The molecule has 0 heterocycles. The van der Waals surface area contributed by atoms with Gasteiger partial charge in [0.15, 0.2) is 0 Å². The fraction of sp³-hybridized carbons (Fsp3) is 0.278. The average Bonchev–Trinajstić information content (AvgIpc) is 3.45. The Morgan fingerprint density at radius 3 is 2.46 bits per heavy atom. The van der Waals surface area contributed by atoms with Crippen LogP contribution in [0.15, 0.2) is 47.4 Å². The Labute approximate surface area is 152 Å². The van der Waals surface area contributed by atoms with E-state index < -0.39 is 10.0 Å². The van der Waals surface area contributed by atoms with Crippen LogP contribution in [0.1, 0.15) is 28.8 Å². The molecule has 1 saturated carbocycles. The molecule has 2 aromatic rings. The van der Waals surface area contributed by atoms with Gasteiger partial charge in [-0.15, -0.1) is 0 Å². The monoisotopic (exact) mass is 375 g/mol. The number of ether oxygens (including phenoxy) is 1. The molecule has 0 saturated heterocycles. The van der Waals surface area contributed by atoms with Gasteiger partial charge in [-0.2, -0.15) is 0 Å². The lowest BCUT2D eigenvalue weighted by atomic mass is 10.1. The Morgan fingerprint density at radius 1 is 1.19 bits per heavy atom. The number of sulfonamides is 1. The van der Waals surface area contributed by atoms with Crippen LogP contribution in [-0.4, -0.2) is 27.5 Å². The summed E-state index contributed by atoms with van der Waals surface area (Å²) in [6.07, 6.45) is 1.66. The zero-order chi connectivity index (χ0) is 18.7. The van der Waals surface area contributed by atoms with Gasteiger partial charge in [-0.25, -0.2) is 13.1 Å². The van der Waals surface area contributed by atoms with Gasteiger partial charge >= 0.3 is 0 Å². The van der Waals surface area contributed by atoms with Crippen molar-refractivity contribution in [1.82, 2.24) is 4.72 Å². The van der Waals surface area contributed by atoms with Crippen LogP contribution in [0, 0.1) is 0 Å². The molecule has 4 N–H and O–H groups in total. The minimum Gasteiger partial charge on any atom is -0.495 e. The molecule has 1 aliphatic rings. The SMILES string of the molecule is COc1ccc(NC(=O)c2ccc(CN)cc2)cc1S(=O)(=O)NC1CC1. The maximum Gasteiger partial charge on any atom is 0.255 e. The molecule has 0 aromatic heterocycles. The summed E-state index contributed by atoms with van der Waals surface area (Å²) in [5.41, 5.74) is 7.30. The summed E-state index contributed by atoms with van der Waals surface area (Å²) in [4.78, 5) is 12.4. The molecular weight excluding hydrogens is 354 g/mol. The predicted molar refractivity (Wildman–Crippen MR) is 98.6 cm³/mol. The van der Waals surface area contributed by atoms with Gasteiger partial charge in [-0.3, -0.25) is 4.79 Å². The molecule has 1 amide bonds. The molecule has 138 valence electrons. The fourth-order valence-corrected chi connectivity index (χ4v) is 3.94. The third kappa shape index (κ3) is 4.21. The first-order valence-corrected chi connectivity index (χ1v) is 9.72. The summed E-state index contributed by atoms with van der Waals surface area (Å²) in [5.74, 6) is -0.110. The number of methoxy groups -OCH3 is 1. The minimum atomic E-state index is -3.71. The van der Waals surface area contributed by atoms with Crippen molar-refractivity contribution in [2.75, 3.05) is 12.4 Å². The third-order valence-corrected chi connectivity index (χ3v) is 5.60. The summed E-state index contributed by atoms with van der Waals surface area (Å²) in [5, 5.41) is 2.71. The van der Waals surface area contributed by atoms with E-state index in [0.717, 1.165) is 18.4 Å². The molecule has 8 heteroatoms. The number of carbonyl (C=O) groups is 1. The van der Waals surface area contributed by atoms with Crippen molar-refractivity contribution in [2.45, 2.75) is 30.3 Å². The molecule has 7 nitrogen and oxygen atoms in total. The second-order valence-corrected chi connectivity index (χ2v) is 7.80. The lowest BCUT2D eigenvalue weighted by Gasteiger charge is -2.13. The van der Waals surface area contributed by atoms with Gasteiger partial charge in [0.2, 0.25) is 10.0 Å². The number of benzene rings is 2. The van der Waals surface area contributed by atoms with Crippen molar-refractivity contribution in [3.63, 3.8) is 0 Å². The van der Waals surface area contributed by atoms with Crippen molar-refractivity contribution < 1.29 is 17.9 Å². The van der Waals surface area contributed by atoms with Crippen LogP contribution in [-0.2, 0) is 16.6 Å². The van der Waals surface area contributed by atoms with Crippen LogP contribution < -0.4 is 20.5 Å². The van der Waals surface area contributed by atoms with Crippen LogP contribution in [0.5, 0.6) is 5.75 Å². The number of nitrogens with two attached hydrogens (primary N) is 1. The van der Waals surface area contributed by atoms with Crippen LogP contribution in [0.4, 0.5) is 5.69 Å². The van der Waals surface area contributed by atoms with Crippen molar-refractivity contribution in [2.24, 2.45) is 5.73 Å². The van der Waals surface area contributed by atoms with Gasteiger partial charge in [0.1, 0.15) is 10.6 Å². The van der Waals surface area contributed by atoms with Gasteiger partial charge < -0.3 is 15.8 Å². The Hall–Kier alpha value is -2.42. The number of nitrogens with one attached hydrogen (secondary N) is 2. The molecule has 0 radical (unpaired) electrons. The number of carbonyl (C=O) groups excluding carboxylic acids is 1. The fourth-order valence-electron chi connectivity index (χ4n) is 2.44. The van der Waals surface area contributed by atoms with Gasteiger partial charge in [0.05, 0.1) is 7.11 Å². The summed E-state index contributed by atoms with van der Waals surface area (Å²) in [7, 11) is -2.31. The summed E-state index contributed by atoms with van der Waals surface area (Å²) in [6.45, 7) is 0.398. The van der Waals surface area contributed by atoms with E-state index >= 15 is 0 Å². The van der Waals surface area contributed by atoms with Crippen molar-refractivity contribution in [3.05, 3.63) is 53.6 Å². The van der Waals surface area contributed by atoms with E-state index in [1.54, 1.807) is 30.3 Å². The second kappa shape index (κ2) is 7.45. The van der Waals surface area contributed by atoms with E-state index in [1.807, 2.05) is 0 Å². The highest BCUT2D eigenvalue weighted by Crippen LogP contribution is 2.30. The third-order valence-electron chi connectivity index (χ3n) is 4.06. The number of hydrogen-bond donors (Lipinski definition) is 3. The minimum absolute atomic E-state index is 0.00294. The van der Waals surface area contributed by atoms with Crippen LogP contribution in [0.25, 0.3) is 0 Å². The molecule has 3 rings (SSSR count). The molecule has 1 aliphatic carbocycles. The molecule has 26 heavy (non-hydrogen) atoms. The second-order valence-electron chi connectivity index (χ2n) is 6.12. The highest BCUT2D eigenvalue weighted by atomic mass is 32.2. The first kappa shape index (κ1) is 18.4. The largest absolute Gasteiger partial charge is 0.495 e. The lowest BCUT2D eigenvalue weighted by molar-refractivity contribution is 0.102. The average molecular weight is 375 g/mol. The molecule has 0 aliphatic heterocycles. The molecule has 2 aromatic carbocycles. The van der Waals surface area contributed by atoms with E-state index in [9.17, 15) is 13.2 Å². The Morgan fingerprint density at radius 2 is 1.88 bits per heavy atom. The maximum absolute atomic E-state index is 12.5. The van der Waals surface area contributed by atoms with Crippen molar-refractivity contribution in [1.29, 1.82) is 0 Å². The molecule has 0 bridgehead atoms. The van der Waals surface area contributed by atoms with E-state index in [2.05, 4.69) is 10.0 Å². The van der Waals surface area contributed by atoms with E-state index in [1.165, 1.54) is 19.2 Å². The van der Waals surface area contributed by atoms with Crippen LogP contribution in [0.2, 0.25) is 0 Å². The highest BCUT2D eigenvalue weighted by Gasteiger charge is 2.30. The van der Waals surface area contributed by atoms with Gasteiger partial charge in [0, 0.05) is 23.8 Å². The lowest BCUT2D eigenvalue weighted by Crippen LogP contribution is -2.26. The van der Waals surface area contributed by atoms with Gasteiger partial charge in [0.25, 0.3) is 5.91 Å². The van der Waals surface area contributed by atoms with Crippen LogP contribution >= 0.6 is 0 Å². The summed E-state index contributed by atoms with van der Waals surface area (Å²) < 4.78 is 32.8. The first-order valence-electron chi connectivity index (χ1n) is 8.23. The molecule has 1 fully saturated rings. The molecule has 0 unspecified atom stereocenters. The smallest absolute Gasteiger partial charge is 0.255 e. The molecular formula is C18H21N3O4S. The standard InChI is InChI=1S/C18H21N3O4S/c1-25-16-9-8-15(10-17(16)26(23,24)21-14-6-7-14)20-18(22)13-4-2-12(11-19)3-5-13/h2-5,8-10,14,21H,6-7,11,19H2,1H3,(H,20,22). The summed E-state index contributed by atoms with van der Waals surface area (Å²) in [6, 6.07) is 11.4. The Bertz CT molecular complexity index is 907. The number of hydrogen-bond acceptors (Lipinski definition) is 5. The Kier molecular flexibility index (Phi) is 5.26. The predicted octanol–water partition coefficient (Wildman–Crippen LogP) is 1.85. The highest BCUT2D eigenvalue weighted by molar-refractivity contribution is 7.89. The molecule has 0 atom stereocenters.